The number of nitrogens with zero attached hydrogens (tertiary/aromatic N) is 2. The van der Waals surface area contributed by atoms with Crippen molar-refractivity contribution in [3.05, 3.63) is 46.3 Å². The fourth-order valence-electron chi connectivity index (χ4n) is 1.67. The third-order valence-corrected chi connectivity index (χ3v) is 2.84. The average Bonchev–Trinajstić information content (AvgIpc) is 2.28. The van der Waals surface area contributed by atoms with Crippen molar-refractivity contribution < 1.29 is 8.78 Å². The van der Waals surface area contributed by atoms with Crippen molar-refractivity contribution in [3.63, 3.8) is 0 Å². The van der Waals surface area contributed by atoms with E-state index < -0.39 is 11.6 Å². The van der Waals surface area contributed by atoms with E-state index in [0.717, 1.165) is 6.42 Å². The lowest BCUT2D eigenvalue weighted by atomic mass is 10.1. The van der Waals surface area contributed by atoms with E-state index >= 15 is 0 Å². The summed E-state index contributed by atoms with van der Waals surface area (Å²) in [5.41, 5.74) is 0.147. The van der Waals surface area contributed by atoms with Crippen LogP contribution in [0.3, 0.4) is 0 Å². The Kier molecular flexibility index (Phi) is 4.01. The van der Waals surface area contributed by atoms with Gasteiger partial charge in [0.2, 0.25) is 0 Å². The molecule has 0 aliphatic carbocycles. The standard InChI is InChI=1S/C13H11BrF2N2/c1-2-4-12-17-10(7-11(14)18-12)13-8(15)5-3-6-9(13)16/h3,5-7H,2,4H2,1H3. The lowest BCUT2D eigenvalue weighted by Gasteiger charge is -2.06. The SMILES string of the molecule is CCCc1nc(Br)cc(-c2c(F)cccc2F)n1. The monoisotopic (exact) mass is 312 g/mol. The first-order valence-electron chi connectivity index (χ1n) is 5.59. The Morgan fingerprint density at radius 2 is 1.83 bits per heavy atom. The van der Waals surface area contributed by atoms with Crippen molar-refractivity contribution in [2.24, 2.45) is 0 Å². The van der Waals surface area contributed by atoms with E-state index in [-0.39, 0.29) is 11.3 Å². The van der Waals surface area contributed by atoms with E-state index in [1.54, 1.807) is 0 Å². The molecule has 1 aromatic heterocycles. The first-order valence-corrected chi connectivity index (χ1v) is 6.39. The molecule has 0 amide bonds. The highest BCUT2D eigenvalue weighted by atomic mass is 79.9. The van der Waals surface area contributed by atoms with Crippen molar-refractivity contribution in [3.8, 4) is 11.3 Å². The average molecular weight is 313 g/mol. The second kappa shape index (κ2) is 5.52. The number of aryl methyl sites for hydroxylation is 1. The lowest BCUT2D eigenvalue weighted by Crippen LogP contribution is -1.99. The zero-order valence-electron chi connectivity index (χ0n) is 9.75. The van der Waals surface area contributed by atoms with Gasteiger partial charge in [0.1, 0.15) is 22.1 Å². The van der Waals surface area contributed by atoms with Crippen molar-refractivity contribution in [1.82, 2.24) is 9.97 Å². The topological polar surface area (TPSA) is 25.8 Å². The highest BCUT2D eigenvalue weighted by Crippen LogP contribution is 2.26. The lowest BCUT2D eigenvalue weighted by molar-refractivity contribution is 0.588. The van der Waals surface area contributed by atoms with Crippen molar-refractivity contribution in [2.45, 2.75) is 19.8 Å². The Labute approximate surface area is 112 Å². The van der Waals surface area contributed by atoms with Crippen molar-refractivity contribution in [1.29, 1.82) is 0 Å². The molecular weight excluding hydrogens is 302 g/mol. The van der Waals surface area contributed by atoms with Crippen LogP contribution in [0.15, 0.2) is 28.9 Å². The zero-order valence-corrected chi connectivity index (χ0v) is 11.3. The summed E-state index contributed by atoms with van der Waals surface area (Å²) in [6.07, 6.45) is 1.54. The largest absolute Gasteiger partial charge is 0.233 e. The quantitative estimate of drug-likeness (QED) is 0.796. The van der Waals surface area contributed by atoms with Gasteiger partial charge in [0.15, 0.2) is 0 Å². The maximum Gasteiger partial charge on any atom is 0.135 e. The number of benzene rings is 1. The summed E-state index contributed by atoms with van der Waals surface area (Å²) >= 11 is 3.23. The number of aromatic nitrogens is 2. The van der Waals surface area contributed by atoms with Gasteiger partial charge >= 0.3 is 0 Å². The molecule has 0 saturated carbocycles. The molecule has 0 spiro atoms. The molecule has 1 aromatic carbocycles. The molecule has 94 valence electrons. The van der Waals surface area contributed by atoms with Gasteiger partial charge in [0, 0.05) is 6.42 Å². The van der Waals surface area contributed by atoms with Gasteiger partial charge in [-0.25, -0.2) is 18.7 Å². The Morgan fingerprint density at radius 1 is 1.17 bits per heavy atom. The highest BCUT2D eigenvalue weighted by Gasteiger charge is 2.14. The summed E-state index contributed by atoms with van der Waals surface area (Å²) in [7, 11) is 0. The molecule has 18 heavy (non-hydrogen) atoms. The van der Waals surface area contributed by atoms with Crippen LogP contribution in [-0.4, -0.2) is 9.97 Å². The van der Waals surface area contributed by atoms with Crippen LogP contribution < -0.4 is 0 Å². The number of hydrogen-bond donors (Lipinski definition) is 0. The van der Waals surface area contributed by atoms with Gasteiger partial charge in [-0.15, -0.1) is 0 Å². The van der Waals surface area contributed by atoms with Gasteiger partial charge in [-0.2, -0.15) is 0 Å². The van der Waals surface area contributed by atoms with Crippen LogP contribution in [0.2, 0.25) is 0 Å². The Bertz CT molecular complexity index is 553. The number of rotatable bonds is 3. The van der Waals surface area contributed by atoms with Crippen LogP contribution in [0, 0.1) is 11.6 Å². The molecule has 0 radical (unpaired) electrons. The van der Waals surface area contributed by atoms with Gasteiger partial charge in [0.25, 0.3) is 0 Å². The van der Waals surface area contributed by atoms with Gasteiger partial charge in [0.05, 0.1) is 11.3 Å². The molecule has 0 bridgehead atoms. The molecule has 1 heterocycles. The van der Waals surface area contributed by atoms with Crippen LogP contribution >= 0.6 is 15.9 Å². The Hall–Kier alpha value is -1.36. The van der Waals surface area contributed by atoms with E-state index in [1.807, 2.05) is 6.92 Å². The summed E-state index contributed by atoms with van der Waals surface area (Å²) in [6.45, 7) is 1.99. The Balaban J connectivity index is 2.56. The first kappa shape index (κ1) is 13.1. The van der Waals surface area contributed by atoms with E-state index in [0.29, 0.717) is 16.8 Å². The van der Waals surface area contributed by atoms with E-state index in [2.05, 4.69) is 25.9 Å². The van der Waals surface area contributed by atoms with Crippen LogP contribution in [-0.2, 0) is 6.42 Å². The van der Waals surface area contributed by atoms with E-state index in [1.165, 1.54) is 24.3 Å². The second-order valence-corrected chi connectivity index (χ2v) is 4.65. The summed E-state index contributed by atoms with van der Waals surface area (Å²) in [5.74, 6) is -0.671. The first-order chi connectivity index (χ1) is 8.61. The maximum atomic E-state index is 13.7. The maximum absolute atomic E-state index is 13.7. The van der Waals surface area contributed by atoms with Gasteiger partial charge in [-0.1, -0.05) is 13.0 Å². The molecule has 0 aliphatic heterocycles. The predicted octanol–water partition coefficient (Wildman–Crippen LogP) is 4.14. The molecule has 2 aromatic rings. The normalized spacial score (nSPS) is 10.7. The van der Waals surface area contributed by atoms with Gasteiger partial charge in [-0.3, -0.25) is 0 Å². The fraction of sp³-hybridized carbons (Fsp3) is 0.231. The fourth-order valence-corrected chi connectivity index (χ4v) is 2.09. The molecule has 0 saturated heterocycles. The Morgan fingerprint density at radius 3 is 2.44 bits per heavy atom. The molecule has 2 nitrogen and oxygen atoms in total. The third-order valence-electron chi connectivity index (χ3n) is 2.43. The summed E-state index contributed by atoms with van der Waals surface area (Å²) < 4.78 is 27.9. The second-order valence-electron chi connectivity index (χ2n) is 3.84. The molecule has 0 fully saturated rings. The molecule has 0 aliphatic rings. The smallest absolute Gasteiger partial charge is 0.135 e. The third kappa shape index (κ3) is 2.72. The predicted molar refractivity (Wildman–Crippen MR) is 69.1 cm³/mol. The molecule has 2 rings (SSSR count). The van der Waals surface area contributed by atoms with E-state index in [4.69, 9.17) is 0 Å². The molecule has 0 atom stereocenters. The summed E-state index contributed by atoms with van der Waals surface area (Å²) in [6, 6.07) is 5.28. The van der Waals surface area contributed by atoms with Crippen LogP contribution in [0.4, 0.5) is 8.78 Å². The number of halogens is 3. The van der Waals surface area contributed by atoms with Gasteiger partial charge in [-0.05, 0) is 40.5 Å². The van der Waals surface area contributed by atoms with Crippen LogP contribution in [0.1, 0.15) is 19.2 Å². The minimum absolute atomic E-state index is 0.113. The van der Waals surface area contributed by atoms with Crippen molar-refractivity contribution >= 4 is 15.9 Å². The minimum atomic E-state index is -0.622. The summed E-state index contributed by atoms with van der Waals surface area (Å²) in [5, 5.41) is 0. The summed E-state index contributed by atoms with van der Waals surface area (Å²) in [4.78, 5) is 8.36. The molecule has 0 unspecified atom stereocenters. The number of hydrogen-bond acceptors (Lipinski definition) is 2. The zero-order chi connectivity index (χ0) is 13.1. The van der Waals surface area contributed by atoms with E-state index in [9.17, 15) is 8.78 Å². The highest BCUT2D eigenvalue weighted by molar-refractivity contribution is 9.10. The van der Waals surface area contributed by atoms with Crippen LogP contribution in [0.5, 0.6) is 0 Å². The molecular formula is C13H11BrF2N2. The molecule has 5 heteroatoms. The van der Waals surface area contributed by atoms with Gasteiger partial charge < -0.3 is 0 Å². The minimum Gasteiger partial charge on any atom is -0.233 e. The van der Waals surface area contributed by atoms with Crippen molar-refractivity contribution in [2.75, 3.05) is 0 Å². The molecule has 0 N–H and O–H groups in total. The van der Waals surface area contributed by atoms with Crippen LogP contribution in [0.25, 0.3) is 11.3 Å².